The normalized spacial score (nSPS) is 24.5. The fourth-order valence-corrected chi connectivity index (χ4v) is 5.40. The molecule has 0 aliphatic heterocycles. The van der Waals surface area contributed by atoms with Crippen LogP contribution in [0.2, 0.25) is 0 Å². The molecule has 1 fully saturated rings. The van der Waals surface area contributed by atoms with E-state index >= 15 is 0 Å². The molecule has 0 bridgehead atoms. The Labute approximate surface area is 129 Å². The first-order chi connectivity index (χ1) is 10.0. The lowest BCUT2D eigenvalue weighted by Gasteiger charge is -2.03. The van der Waals surface area contributed by atoms with Crippen LogP contribution >= 0.6 is 12.2 Å². The minimum absolute atomic E-state index is 0.145. The number of nitrogens with two attached hydrogens (primary N) is 1. The van der Waals surface area contributed by atoms with E-state index in [9.17, 15) is 8.42 Å². The van der Waals surface area contributed by atoms with E-state index in [-0.39, 0.29) is 16.8 Å². The molecule has 3 rings (SSSR count). The Morgan fingerprint density at radius 1 is 0.952 bits per heavy atom. The summed E-state index contributed by atoms with van der Waals surface area (Å²) in [5, 5.41) is -0.556. The van der Waals surface area contributed by atoms with Crippen LogP contribution in [0.25, 0.3) is 0 Å². The Hall–Kier alpha value is -1.72. The highest BCUT2D eigenvalue weighted by Crippen LogP contribution is 2.54. The van der Waals surface area contributed by atoms with Crippen LogP contribution in [0.5, 0.6) is 0 Å². The first-order valence-corrected chi connectivity index (χ1v) is 8.62. The molecule has 21 heavy (non-hydrogen) atoms. The summed E-state index contributed by atoms with van der Waals surface area (Å²) in [4.78, 5) is 0.600. The molecule has 3 atom stereocenters. The van der Waals surface area contributed by atoms with Gasteiger partial charge in [-0.3, -0.25) is 0 Å². The van der Waals surface area contributed by atoms with Crippen molar-refractivity contribution >= 4 is 27.0 Å². The van der Waals surface area contributed by atoms with E-state index in [1.165, 1.54) is 0 Å². The van der Waals surface area contributed by atoms with Gasteiger partial charge in [0.25, 0.3) is 0 Å². The van der Waals surface area contributed by atoms with E-state index in [1.807, 2.05) is 30.3 Å². The number of hydrogen-bond donors (Lipinski definition) is 1. The van der Waals surface area contributed by atoms with Gasteiger partial charge in [0.15, 0.2) is 9.84 Å². The third-order valence-electron chi connectivity index (χ3n) is 3.90. The van der Waals surface area contributed by atoms with Gasteiger partial charge >= 0.3 is 0 Å². The van der Waals surface area contributed by atoms with Crippen molar-refractivity contribution in [2.45, 2.75) is 16.1 Å². The van der Waals surface area contributed by atoms with Crippen molar-refractivity contribution < 1.29 is 8.42 Å². The van der Waals surface area contributed by atoms with Crippen LogP contribution in [0.4, 0.5) is 0 Å². The second kappa shape index (κ2) is 5.24. The molecule has 2 N–H and O–H groups in total. The third kappa shape index (κ3) is 2.47. The molecule has 0 amide bonds. The summed E-state index contributed by atoms with van der Waals surface area (Å²) in [6.45, 7) is 0. The van der Waals surface area contributed by atoms with E-state index in [4.69, 9.17) is 18.0 Å². The van der Waals surface area contributed by atoms with Crippen LogP contribution < -0.4 is 5.73 Å². The molecule has 1 aliphatic carbocycles. The average Bonchev–Trinajstić information content (AvgIpc) is 3.26. The highest BCUT2D eigenvalue weighted by Gasteiger charge is 2.60. The summed E-state index contributed by atoms with van der Waals surface area (Å²) in [7, 11) is -3.42. The Bertz CT molecular complexity index is 757. The summed E-state index contributed by atoms with van der Waals surface area (Å²) >= 11 is 5.07. The first kappa shape index (κ1) is 14.2. The van der Waals surface area contributed by atoms with E-state index in [0.717, 1.165) is 5.56 Å². The van der Waals surface area contributed by atoms with Crippen molar-refractivity contribution in [2.75, 3.05) is 0 Å². The molecule has 0 heterocycles. The first-order valence-electron chi connectivity index (χ1n) is 6.66. The zero-order chi connectivity index (χ0) is 15.0. The predicted octanol–water partition coefficient (Wildman–Crippen LogP) is 2.53. The van der Waals surface area contributed by atoms with Crippen LogP contribution in [0.1, 0.15) is 11.5 Å². The minimum atomic E-state index is -3.42. The second-order valence-electron chi connectivity index (χ2n) is 5.19. The topological polar surface area (TPSA) is 60.2 Å². The van der Waals surface area contributed by atoms with E-state index < -0.39 is 15.1 Å². The summed E-state index contributed by atoms with van der Waals surface area (Å²) in [6.07, 6.45) is 0. The lowest BCUT2D eigenvalue weighted by atomic mass is 10.1. The molecule has 0 unspecified atom stereocenters. The van der Waals surface area contributed by atoms with Crippen LogP contribution in [-0.4, -0.2) is 18.7 Å². The summed E-state index contributed by atoms with van der Waals surface area (Å²) in [6, 6.07) is 18.0. The maximum Gasteiger partial charge on any atom is 0.182 e. The zero-order valence-corrected chi connectivity index (χ0v) is 12.8. The molecule has 108 valence electrons. The minimum Gasteiger partial charge on any atom is -0.393 e. The fourth-order valence-electron chi connectivity index (χ4n) is 2.85. The molecule has 3 nitrogen and oxygen atoms in total. The molecule has 0 aromatic heterocycles. The number of thiocarbonyl (C=S) groups is 1. The summed E-state index contributed by atoms with van der Waals surface area (Å²) in [5.74, 6) is -0.429. The molecule has 2 aromatic carbocycles. The second-order valence-corrected chi connectivity index (χ2v) is 7.76. The van der Waals surface area contributed by atoms with Crippen LogP contribution in [0, 0.1) is 5.92 Å². The van der Waals surface area contributed by atoms with Gasteiger partial charge in [0.05, 0.1) is 15.1 Å². The van der Waals surface area contributed by atoms with E-state index in [1.54, 1.807) is 30.3 Å². The molecule has 0 radical (unpaired) electrons. The smallest absolute Gasteiger partial charge is 0.182 e. The van der Waals surface area contributed by atoms with Gasteiger partial charge in [-0.1, -0.05) is 60.7 Å². The summed E-state index contributed by atoms with van der Waals surface area (Å²) < 4.78 is 25.6. The van der Waals surface area contributed by atoms with Crippen molar-refractivity contribution in [3.63, 3.8) is 0 Å². The maximum absolute atomic E-state index is 12.8. The van der Waals surface area contributed by atoms with Crippen LogP contribution in [0.15, 0.2) is 65.6 Å². The number of hydrogen-bond acceptors (Lipinski definition) is 3. The third-order valence-corrected chi connectivity index (χ3v) is 6.40. The van der Waals surface area contributed by atoms with Gasteiger partial charge in [0.1, 0.15) is 0 Å². The standard InChI is InChI=1S/C16H15NO2S2/c17-16(20)14-13(11-7-3-1-4-8-11)15(14)21(18,19)12-9-5-2-6-10-12/h1-10,13-15H,(H2,17,20)/t13-,14+,15+/m1/s1. The maximum atomic E-state index is 12.8. The monoisotopic (exact) mass is 317 g/mol. The van der Waals surface area contributed by atoms with Gasteiger partial charge in [0, 0.05) is 11.8 Å². The molecular weight excluding hydrogens is 302 g/mol. The fraction of sp³-hybridized carbons (Fsp3) is 0.188. The van der Waals surface area contributed by atoms with Gasteiger partial charge < -0.3 is 5.73 Å². The van der Waals surface area contributed by atoms with Crippen molar-refractivity contribution in [1.29, 1.82) is 0 Å². The van der Waals surface area contributed by atoms with Gasteiger partial charge in [-0.2, -0.15) is 0 Å². The Morgan fingerprint density at radius 3 is 2.00 bits per heavy atom. The molecule has 0 spiro atoms. The van der Waals surface area contributed by atoms with Crippen molar-refractivity contribution in [1.82, 2.24) is 0 Å². The zero-order valence-electron chi connectivity index (χ0n) is 11.2. The van der Waals surface area contributed by atoms with Crippen LogP contribution in [0.3, 0.4) is 0 Å². The van der Waals surface area contributed by atoms with Crippen LogP contribution in [-0.2, 0) is 9.84 Å². The lowest BCUT2D eigenvalue weighted by molar-refractivity contribution is 0.593. The quantitative estimate of drug-likeness (QED) is 0.880. The van der Waals surface area contributed by atoms with Gasteiger partial charge in [-0.05, 0) is 17.7 Å². The van der Waals surface area contributed by atoms with E-state index in [0.29, 0.717) is 4.90 Å². The van der Waals surface area contributed by atoms with Gasteiger partial charge in [-0.15, -0.1) is 0 Å². The van der Waals surface area contributed by atoms with E-state index in [2.05, 4.69) is 0 Å². The molecule has 2 aromatic rings. The number of benzene rings is 2. The Morgan fingerprint density at radius 2 is 1.48 bits per heavy atom. The largest absolute Gasteiger partial charge is 0.393 e. The van der Waals surface area contributed by atoms with Gasteiger partial charge in [0.2, 0.25) is 0 Å². The average molecular weight is 317 g/mol. The van der Waals surface area contributed by atoms with Crippen molar-refractivity contribution in [3.05, 3.63) is 66.2 Å². The number of rotatable bonds is 4. The highest BCUT2D eigenvalue weighted by atomic mass is 32.2. The molecule has 1 aliphatic rings. The molecule has 0 saturated heterocycles. The predicted molar refractivity (Wildman–Crippen MR) is 86.9 cm³/mol. The Kier molecular flexibility index (Phi) is 3.55. The molecule has 1 saturated carbocycles. The Balaban J connectivity index is 2.00. The lowest BCUT2D eigenvalue weighted by Crippen LogP contribution is -2.17. The molecule has 5 heteroatoms. The molecular formula is C16H15NO2S2. The SMILES string of the molecule is NC(=S)[C@H]1[C@@H](c2ccccc2)[C@@H]1S(=O)(=O)c1ccccc1. The van der Waals surface area contributed by atoms with Crippen molar-refractivity contribution in [3.8, 4) is 0 Å². The summed E-state index contributed by atoms with van der Waals surface area (Å²) in [5.41, 5.74) is 6.73. The number of sulfone groups is 1. The van der Waals surface area contributed by atoms with Crippen molar-refractivity contribution in [2.24, 2.45) is 11.7 Å². The van der Waals surface area contributed by atoms with Gasteiger partial charge in [-0.25, -0.2) is 8.42 Å². The highest BCUT2D eigenvalue weighted by molar-refractivity contribution is 7.92.